The lowest BCUT2D eigenvalue weighted by atomic mass is 9.44. The van der Waals surface area contributed by atoms with E-state index < -0.39 is 191 Å². The van der Waals surface area contributed by atoms with Gasteiger partial charge in [-0.3, -0.25) is 38.5 Å². The van der Waals surface area contributed by atoms with Gasteiger partial charge in [-0.25, -0.2) is 28.8 Å². The number of urea groups is 1. The summed E-state index contributed by atoms with van der Waals surface area (Å²) in [6.07, 6.45) is -14.6. The maximum absolute atomic E-state index is 16.0. The van der Waals surface area contributed by atoms with Crippen molar-refractivity contribution in [1.29, 1.82) is 0 Å². The van der Waals surface area contributed by atoms with Crippen LogP contribution in [0.25, 0.3) is 0 Å². The van der Waals surface area contributed by atoms with Crippen LogP contribution in [0.15, 0.2) is 96.1 Å². The molecule has 107 heavy (non-hydrogen) atoms. The maximum atomic E-state index is 16.0. The van der Waals surface area contributed by atoms with E-state index in [2.05, 4.69) is 26.6 Å². The molecule has 0 aromatic heterocycles. The third-order valence-electron chi connectivity index (χ3n) is 19.7. The minimum Gasteiger partial charge on any atom is -0.480 e. The molecule has 7 rings (SSSR count). The summed E-state index contributed by atoms with van der Waals surface area (Å²) in [4.78, 5) is 181. The molecule has 1 saturated heterocycles. The number of carboxylic acid groups (broad SMARTS) is 1. The molecule has 8 amide bonds. The first-order chi connectivity index (χ1) is 50.0. The Labute approximate surface area is 619 Å². The number of esters is 4. The number of carbonyl (C=O) groups is 13. The zero-order chi connectivity index (χ0) is 79.4. The van der Waals surface area contributed by atoms with E-state index in [9.17, 15) is 63.0 Å². The van der Waals surface area contributed by atoms with Crippen LogP contribution in [0.1, 0.15) is 129 Å². The Hall–Kier alpha value is -10.3. The SMILES string of the molecule is CC(=O)O[C@H]1C(=O)[C@@]2(C)[C@H]([C@H](OC(=O)c3ccccc3)[C@]3(O)C[C@H](OC(=O)[C@H](OC(=O)N(C)CCN(C)C(=O)OCc4ccc(NC(=O)[C@H](CCCNC(N)=O)NC(=O)[C@@H](NC(=O)CN(C)CC(=O)O)C(C)C)cc4)[C@@H](NC(=O)OC(C)(C)C)c4ccccc4)C(C)=C1C3(C)C)[C@]1(OC(C)=O)CO[C@@H]1C[C@@H]2O. The van der Waals surface area contributed by atoms with Crippen molar-refractivity contribution in [3.05, 3.63) is 113 Å². The van der Waals surface area contributed by atoms with E-state index in [4.69, 9.17) is 48.7 Å². The summed E-state index contributed by atoms with van der Waals surface area (Å²) in [6, 6.07) is 16.8. The first kappa shape index (κ1) is 84.0. The molecule has 0 radical (unpaired) electrons. The molecule has 33 nitrogen and oxygen atoms in total. The van der Waals surface area contributed by atoms with Crippen LogP contribution in [-0.4, -0.2) is 234 Å². The number of alkyl carbamates (subject to hydrolysis) is 1. The van der Waals surface area contributed by atoms with Crippen molar-refractivity contribution in [2.75, 3.05) is 65.8 Å². The van der Waals surface area contributed by atoms with Crippen molar-refractivity contribution in [3.63, 3.8) is 0 Å². The van der Waals surface area contributed by atoms with Gasteiger partial charge in [-0.1, -0.05) is 88.4 Å². The van der Waals surface area contributed by atoms with E-state index >= 15 is 9.59 Å². The first-order valence-electron chi connectivity index (χ1n) is 34.9. The highest BCUT2D eigenvalue weighted by Crippen LogP contribution is 2.64. The molecule has 0 unspecified atom stereocenters. The van der Waals surface area contributed by atoms with Crippen molar-refractivity contribution in [3.8, 4) is 0 Å². The number of nitrogens with two attached hydrogens (primary N) is 1. The Kier molecular flexibility index (Phi) is 27.5. The number of ether oxygens (including phenoxy) is 8. The lowest BCUT2D eigenvalue weighted by Crippen LogP contribution is -2.82. The number of rotatable bonds is 29. The zero-order valence-corrected chi connectivity index (χ0v) is 62.5. The molecule has 0 spiro atoms. The van der Waals surface area contributed by atoms with Crippen molar-refractivity contribution in [1.82, 2.24) is 36.0 Å². The van der Waals surface area contributed by atoms with E-state index in [1.165, 1.54) is 90.1 Å². The quantitative estimate of drug-likeness (QED) is 0.0203. The van der Waals surface area contributed by atoms with Gasteiger partial charge in [0.25, 0.3) is 0 Å². The van der Waals surface area contributed by atoms with Gasteiger partial charge in [0.05, 0.1) is 42.7 Å². The third-order valence-corrected chi connectivity index (χ3v) is 19.7. The van der Waals surface area contributed by atoms with Crippen LogP contribution in [-0.2, 0) is 82.9 Å². The van der Waals surface area contributed by atoms with Gasteiger partial charge < -0.3 is 95.3 Å². The molecule has 2 bridgehead atoms. The number of hydrogen-bond acceptors (Lipinski definition) is 24. The number of fused-ring (bicyclic) bond motifs is 5. The Bertz CT molecular complexity index is 3830. The standard InChI is InChI=1S/C74H99N9O24/c1-40(2)55(79-52(87)36-81(12)37-53(88)89)63(92)78-48(26-21-31-76-66(75)95)62(91)77-47-29-27-44(28-30-47)38-100-68(97)82(13)32-33-83(14)69(98)104-58(56(45-22-17-15-18-23-45)80-67(96)107-70(6,7)8)65(94)103-49-35-74(99)61(105-64(93)46-24-19-16-20-25-46)59-72(11,50(86)34-51-73(59,39-101-51)106-43(5)85)60(90)57(102-42(4)84)54(41(49)3)71(74,9)10/h15-20,22-25,27-30,40,48-51,55-59,61,86,99H,21,26,31-39H2,1-14H3,(H,77,91)(H,78,92)(H,79,87)(H,80,96)(H,88,89)(H3,75,76,95)/t48-,49-,50-,51+,55-,56-,57+,58+,59-,61-,72+,73-,74+/m0/s1. The number of likely N-dealkylation sites (N-methyl/N-ethyl adjacent to an activating group) is 3. The van der Waals surface area contributed by atoms with Crippen molar-refractivity contribution >= 4 is 83.3 Å². The summed E-state index contributed by atoms with van der Waals surface area (Å²) < 4.78 is 48.3. The number of amides is 8. The van der Waals surface area contributed by atoms with Crippen molar-refractivity contribution < 1.29 is 116 Å². The second-order valence-electron chi connectivity index (χ2n) is 29.5. The van der Waals surface area contributed by atoms with Crippen LogP contribution in [0, 0.1) is 22.7 Å². The van der Waals surface area contributed by atoms with E-state index in [1.54, 1.807) is 83.1 Å². The monoisotopic (exact) mass is 1500 g/mol. The van der Waals surface area contributed by atoms with Gasteiger partial charge in [0.1, 0.15) is 54.2 Å². The number of aliphatic hydroxyl groups excluding tert-OH is 1. The molecule has 2 saturated carbocycles. The van der Waals surface area contributed by atoms with Gasteiger partial charge in [0.15, 0.2) is 17.5 Å². The van der Waals surface area contributed by atoms with E-state index in [0.717, 1.165) is 23.6 Å². The average Bonchev–Trinajstić information content (AvgIpc) is 0.668. The Morgan fingerprint density at radius 2 is 1.39 bits per heavy atom. The number of Topliss-reactive ketones (excluding diaryl/α,β-unsaturated/α-hetero) is 1. The number of aliphatic carboxylic acids is 1. The molecule has 1 heterocycles. The second kappa shape index (κ2) is 35.0. The predicted octanol–water partition coefficient (Wildman–Crippen LogP) is 4.20. The predicted molar refractivity (Wildman–Crippen MR) is 379 cm³/mol. The highest BCUT2D eigenvalue weighted by Gasteiger charge is 2.78. The molecule has 3 aliphatic carbocycles. The number of nitrogens with one attached hydrogen (secondary N) is 5. The first-order valence-corrected chi connectivity index (χ1v) is 34.9. The summed E-state index contributed by atoms with van der Waals surface area (Å²) in [5.41, 5.74) is -3.60. The Balaban J connectivity index is 1.13. The van der Waals surface area contributed by atoms with E-state index in [0.29, 0.717) is 5.56 Å². The number of hydrogen-bond donors (Lipinski definition) is 9. The zero-order valence-electron chi connectivity index (χ0n) is 62.5. The number of anilines is 1. The Morgan fingerprint density at radius 1 is 0.776 bits per heavy atom. The van der Waals surface area contributed by atoms with Gasteiger partial charge in [-0.05, 0) is 107 Å². The molecular weight excluding hydrogens is 1400 g/mol. The molecule has 4 aliphatic rings. The number of nitrogens with zero attached hydrogens (tertiary/aromatic N) is 3. The summed E-state index contributed by atoms with van der Waals surface area (Å²) in [5.74, 6) is -10.5. The molecule has 1 aliphatic heterocycles. The number of benzene rings is 3. The number of primary amides is 1. The van der Waals surface area contributed by atoms with Gasteiger partial charge in [-0.2, -0.15) is 0 Å². The minimum absolute atomic E-state index is 0.0136. The normalized spacial score (nSPS) is 23.8. The van der Waals surface area contributed by atoms with Crippen LogP contribution in [0.3, 0.4) is 0 Å². The largest absolute Gasteiger partial charge is 0.480 e. The summed E-state index contributed by atoms with van der Waals surface area (Å²) in [6.45, 7) is 14.2. The molecule has 3 fully saturated rings. The Morgan fingerprint density at radius 3 is 1.95 bits per heavy atom. The summed E-state index contributed by atoms with van der Waals surface area (Å²) in [7, 11) is 4.08. The van der Waals surface area contributed by atoms with E-state index in [-0.39, 0.29) is 80.0 Å². The fraction of sp³-hybridized carbons (Fsp3) is 0.554. The topological polar surface area (TPSA) is 452 Å². The fourth-order valence-electron chi connectivity index (χ4n) is 14.1. The molecule has 10 N–H and O–H groups in total. The summed E-state index contributed by atoms with van der Waals surface area (Å²) >= 11 is 0. The molecule has 13 atom stereocenters. The molecule has 3 aromatic rings. The van der Waals surface area contributed by atoms with Crippen molar-refractivity contribution in [2.45, 2.75) is 180 Å². The lowest BCUT2D eigenvalue weighted by Gasteiger charge is -2.67. The van der Waals surface area contributed by atoms with Crippen LogP contribution in [0.5, 0.6) is 0 Å². The second-order valence-corrected chi connectivity index (χ2v) is 29.5. The van der Waals surface area contributed by atoms with Crippen LogP contribution in [0.2, 0.25) is 0 Å². The van der Waals surface area contributed by atoms with Gasteiger partial charge >= 0.3 is 54.2 Å². The third kappa shape index (κ3) is 20.1. The highest BCUT2D eigenvalue weighted by atomic mass is 16.6. The smallest absolute Gasteiger partial charge is 0.410 e. The van der Waals surface area contributed by atoms with Crippen LogP contribution in [0.4, 0.5) is 24.9 Å². The van der Waals surface area contributed by atoms with Gasteiger partial charge in [0.2, 0.25) is 23.8 Å². The summed E-state index contributed by atoms with van der Waals surface area (Å²) in [5, 5.41) is 48.7. The van der Waals surface area contributed by atoms with Crippen LogP contribution >= 0.6 is 0 Å². The average molecular weight is 1500 g/mol. The van der Waals surface area contributed by atoms with Crippen LogP contribution < -0.4 is 32.3 Å². The molecule has 3 aromatic carbocycles. The number of carbonyl (C=O) groups excluding carboxylic acids is 12. The highest BCUT2D eigenvalue weighted by molar-refractivity contribution is 5.99. The molecular formula is C74H99N9O24. The van der Waals surface area contributed by atoms with Gasteiger partial charge in [0, 0.05) is 71.5 Å². The van der Waals surface area contributed by atoms with E-state index in [1.807, 2.05) is 0 Å². The number of ketones is 1. The molecule has 33 heteroatoms. The number of carboxylic acids is 1. The maximum Gasteiger partial charge on any atom is 0.410 e. The lowest BCUT2D eigenvalue weighted by molar-refractivity contribution is -0.346. The fourth-order valence-corrected chi connectivity index (χ4v) is 14.1. The minimum atomic E-state index is -2.58. The van der Waals surface area contributed by atoms with Gasteiger partial charge in [-0.15, -0.1) is 0 Å². The van der Waals surface area contributed by atoms with Crippen molar-refractivity contribution in [2.24, 2.45) is 28.4 Å². The molecule has 584 valence electrons. The number of aliphatic hydroxyl groups is 2.